The van der Waals surface area contributed by atoms with E-state index >= 15 is 0 Å². The van der Waals surface area contributed by atoms with Gasteiger partial charge in [0.2, 0.25) is 0 Å². The largest absolute Gasteiger partial charge is 0.487 e. The van der Waals surface area contributed by atoms with Crippen LogP contribution in [0.15, 0.2) is 23.6 Å². The van der Waals surface area contributed by atoms with Crippen LogP contribution in [-0.4, -0.2) is 10.6 Å². The van der Waals surface area contributed by atoms with Crippen molar-refractivity contribution in [2.45, 2.75) is 52.3 Å². The number of rotatable bonds is 4. The maximum absolute atomic E-state index is 6.11. The van der Waals surface area contributed by atoms with Gasteiger partial charge in [0.05, 0.1) is 6.04 Å². The van der Waals surface area contributed by atoms with Crippen LogP contribution in [-0.2, 0) is 13.0 Å². The molecule has 1 aromatic heterocycles. The van der Waals surface area contributed by atoms with E-state index in [1.54, 1.807) is 11.3 Å². The second-order valence-corrected chi connectivity index (χ2v) is 7.26. The monoisotopic (exact) mass is 302 g/mol. The highest BCUT2D eigenvalue weighted by Crippen LogP contribution is 2.37. The fourth-order valence-electron chi connectivity index (χ4n) is 2.74. The van der Waals surface area contributed by atoms with Crippen molar-refractivity contribution in [1.29, 1.82) is 0 Å². The van der Waals surface area contributed by atoms with Crippen molar-refractivity contribution in [3.63, 3.8) is 0 Å². The molecule has 1 aromatic carbocycles. The third-order valence-corrected chi connectivity index (χ3v) is 4.92. The van der Waals surface area contributed by atoms with Gasteiger partial charge in [-0.1, -0.05) is 18.2 Å². The van der Waals surface area contributed by atoms with Crippen molar-refractivity contribution < 1.29 is 4.74 Å². The van der Waals surface area contributed by atoms with E-state index in [0.29, 0.717) is 0 Å². The molecule has 1 N–H and O–H groups in total. The molecule has 0 radical (unpaired) electrons. The Balaban J connectivity index is 1.71. The predicted molar refractivity (Wildman–Crippen MR) is 87.0 cm³/mol. The van der Waals surface area contributed by atoms with Gasteiger partial charge in [0, 0.05) is 29.6 Å². The van der Waals surface area contributed by atoms with E-state index < -0.39 is 0 Å². The molecule has 0 spiro atoms. The van der Waals surface area contributed by atoms with Crippen LogP contribution in [0.25, 0.3) is 0 Å². The minimum Gasteiger partial charge on any atom is -0.487 e. The number of hydrogen-bond acceptors (Lipinski definition) is 4. The number of thiazole rings is 1. The standard InChI is InChI=1S/C17H22N2OS/c1-11-10-21-16(19-11)12(2)18-9-14-7-5-6-13-8-17(3,4)20-15(13)14/h5-7,10,12,18H,8-9H2,1-4H3. The summed E-state index contributed by atoms with van der Waals surface area (Å²) in [6.07, 6.45) is 0.984. The normalized spacial score (nSPS) is 17.3. The van der Waals surface area contributed by atoms with Crippen molar-refractivity contribution >= 4 is 11.3 Å². The molecule has 0 saturated carbocycles. The lowest BCUT2D eigenvalue weighted by Crippen LogP contribution is -2.25. The third kappa shape index (κ3) is 3.11. The van der Waals surface area contributed by atoms with Crippen molar-refractivity contribution in [3.8, 4) is 5.75 Å². The highest BCUT2D eigenvalue weighted by Gasteiger charge is 2.31. The zero-order chi connectivity index (χ0) is 15.0. The van der Waals surface area contributed by atoms with Crippen LogP contribution < -0.4 is 10.1 Å². The summed E-state index contributed by atoms with van der Waals surface area (Å²) in [5, 5.41) is 6.79. The summed E-state index contributed by atoms with van der Waals surface area (Å²) in [7, 11) is 0. The highest BCUT2D eigenvalue weighted by molar-refractivity contribution is 7.09. The van der Waals surface area contributed by atoms with E-state index in [-0.39, 0.29) is 11.6 Å². The number of hydrogen-bond donors (Lipinski definition) is 1. The summed E-state index contributed by atoms with van der Waals surface area (Å²) < 4.78 is 6.11. The average Bonchev–Trinajstić information content (AvgIpc) is 2.97. The molecule has 0 bridgehead atoms. The van der Waals surface area contributed by atoms with E-state index in [1.807, 2.05) is 6.92 Å². The number of aryl methyl sites for hydroxylation is 1. The summed E-state index contributed by atoms with van der Waals surface area (Å²) in [6.45, 7) is 9.29. The molecule has 3 nitrogen and oxygen atoms in total. The molecule has 1 aliphatic rings. The molecule has 0 saturated heterocycles. The fraction of sp³-hybridized carbons (Fsp3) is 0.471. The van der Waals surface area contributed by atoms with Crippen LogP contribution in [0.4, 0.5) is 0 Å². The Morgan fingerprint density at radius 2 is 2.24 bits per heavy atom. The fourth-order valence-corrected chi connectivity index (χ4v) is 3.57. The Morgan fingerprint density at radius 1 is 1.43 bits per heavy atom. The summed E-state index contributed by atoms with van der Waals surface area (Å²) >= 11 is 1.71. The molecule has 3 rings (SSSR count). The van der Waals surface area contributed by atoms with E-state index in [1.165, 1.54) is 11.1 Å². The molecular weight excluding hydrogens is 280 g/mol. The predicted octanol–water partition coefficient (Wildman–Crippen LogP) is 4.02. The molecule has 21 heavy (non-hydrogen) atoms. The first kappa shape index (κ1) is 14.5. The van der Waals surface area contributed by atoms with Gasteiger partial charge in [-0.15, -0.1) is 11.3 Å². The zero-order valence-electron chi connectivity index (χ0n) is 13.1. The Labute approximate surface area is 130 Å². The molecular formula is C17H22N2OS. The summed E-state index contributed by atoms with van der Waals surface area (Å²) in [6, 6.07) is 6.70. The van der Waals surface area contributed by atoms with Gasteiger partial charge in [0.1, 0.15) is 16.4 Å². The first-order chi connectivity index (χ1) is 9.94. The van der Waals surface area contributed by atoms with Crippen LogP contribution in [0, 0.1) is 6.92 Å². The number of fused-ring (bicyclic) bond motifs is 1. The number of para-hydroxylation sites is 1. The van der Waals surface area contributed by atoms with E-state index in [2.05, 4.69) is 54.7 Å². The second-order valence-electron chi connectivity index (χ2n) is 6.37. The van der Waals surface area contributed by atoms with E-state index in [0.717, 1.165) is 29.4 Å². The summed E-state index contributed by atoms with van der Waals surface area (Å²) in [4.78, 5) is 4.54. The molecule has 1 atom stereocenters. The highest BCUT2D eigenvalue weighted by atomic mass is 32.1. The first-order valence-corrected chi connectivity index (χ1v) is 8.28. The topological polar surface area (TPSA) is 34.1 Å². The number of nitrogens with one attached hydrogen (secondary N) is 1. The quantitative estimate of drug-likeness (QED) is 0.926. The van der Waals surface area contributed by atoms with Gasteiger partial charge >= 0.3 is 0 Å². The molecule has 1 unspecified atom stereocenters. The smallest absolute Gasteiger partial charge is 0.127 e. The molecule has 0 fully saturated rings. The number of ether oxygens (including phenoxy) is 1. The summed E-state index contributed by atoms with van der Waals surface area (Å²) in [5.41, 5.74) is 3.56. The van der Waals surface area contributed by atoms with Gasteiger partial charge in [-0.2, -0.15) is 0 Å². The second kappa shape index (κ2) is 5.43. The van der Waals surface area contributed by atoms with Crippen LogP contribution in [0.5, 0.6) is 5.75 Å². The lowest BCUT2D eigenvalue weighted by Gasteiger charge is -2.19. The molecule has 1 aliphatic heterocycles. The Hall–Kier alpha value is -1.39. The van der Waals surface area contributed by atoms with Crippen LogP contribution in [0.2, 0.25) is 0 Å². The molecule has 112 valence electrons. The van der Waals surface area contributed by atoms with Crippen molar-refractivity contribution in [2.75, 3.05) is 0 Å². The number of benzene rings is 1. The van der Waals surface area contributed by atoms with E-state index in [4.69, 9.17) is 4.74 Å². The third-order valence-electron chi connectivity index (χ3n) is 3.78. The summed E-state index contributed by atoms with van der Waals surface area (Å²) in [5.74, 6) is 1.07. The Bertz CT molecular complexity index is 648. The molecule has 4 heteroatoms. The van der Waals surface area contributed by atoms with Crippen molar-refractivity contribution in [1.82, 2.24) is 10.3 Å². The number of nitrogens with zero attached hydrogens (tertiary/aromatic N) is 1. The van der Waals surface area contributed by atoms with Crippen molar-refractivity contribution in [3.05, 3.63) is 45.4 Å². The molecule has 0 aliphatic carbocycles. The van der Waals surface area contributed by atoms with Crippen LogP contribution in [0.1, 0.15) is 48.6 Å². The Morgan fingerprint density at radius 3 is 2.95 bits per heavy atom. The van der Waals surface area contributed by atoms with Gasteiger partial charge < -0.3 is 10.1 Å². The van der Waals surface area contributed by atoms with Crippen molar-refractivity contribution in [2.24, 2.45) is 0 Å². The van der Waals surface area contributed by atoms with Crippen LogP contribution >= 0.6 is 11.3 Å². The van der Waals surface area contributed by atoms with Gasteiger partial charge in [0.25, 0.3) is 0 Å². The first-order valence-electron chi connectivity index (χ1n) is 7.40. The molecule has 2 heterocycles. The lowest BCUT2D eigenvalue weighted by atomic mass is 10.0. The number of aromatic nitrogens is 1. The minimum absolute atomic E-state index is 0.0868. The van der Waals surface area contributed by atoms with E-state index in [9.17, 15) is 0 Å². The minimum atomic E-state index is -0.0868. The van der Waals surface area contributed by atoms with Gasteiger partial charge in [0.15, 0.2) is 0 Å². The van der Waals surface area contributed by atoms with Crippen LogP contribution in [0.3, 0.4) is 0 Å². The van der Waals surface area contributed by atoms with Gasteiger partial charge in [-0.3, -0.25) is 0 Å². The SMILES string of the molecule is Cc1csc(C(C)NCc2cccc3c2OC(C)(C)C3)n1. The van der Waals surface area contributed by atoms with Gasteiger partial charge in [-0.25, -0.2) is 4.98 Å². The molecule has 0 amide bonds. The average molecular weight is 302 g/mol. The maximum Gasteiger partial charge on any atom is 0.127 e. The van der Waals surface area contributed by atoms with Gasteiger partial charge in [-0.05, 0) is 33.3 Å². The zero-order valence-corrected chi connectivity index (χ0v) is 13.9. The lowest BCUT2D eigenvalue weighted by molar-refractivity contribution is 0.137. The maximum atomic E-state index is 6.11. The molecule has 2 aromatic rings. The Kier molecular flexibility index (Phi) is 3.76.